The van der Waals surface area contributed by atoms with Crippen molar-refractivity contribution in [2.24, 2.45) is 11.3 Å². The lowest BCUT2D eigenvalue weighted by Gasteiger charge is -2.14. The van der Waals surface area contributed by atoms with Crippen molar-refractivity contribution in [3.63, 3.8) is 0 Å². The average Bonchev–Trinajstić information content (AvgIpc) is 2.94. The van der Waals surface area contributed by atoms with Gasteiger partial charge >= 0.3 is 0 Å². The quantitative estimate of drug-likeness (QED) is 0.818. The molecule has 3 N–H and O–H groups in total. The van der Waals surface area contributed by atoms with Gasteiger partial charge in [-0.15, -0.1) is 0 Å². The molecular weight excluding hydrogens is 238 g/mol. The summed E-state index contributed by atoms with van der Waals surface area (Å²) in [6.45, 7) is 5.50. The molecule has 19 heavy (non-hydrogen) atoms. The number of nitrogens with two attached hydrogens (primary N) is 1. The van der Waals surface area contributed by atoms with E-state index in [0.29, 0.717) is 16.7 Å². The van der Waals surface area contributed by atoms with E-state index in [0.717, 1.165) is 18.2 Å². The topological polar surface area (TPSA) is 58.4 Å². The van der Waals surface area contributed by atoms with Crippen LogP contribution < -0.4 is 11.1 Å². The number of rotatable bonds is 4. The Morgan fingerprint density at radius 2 is 2.11 bits per heavy atom. The monoisotopic (exact) mass is 261 g/mol. The van der Waals surface area contributed by atoms with Gasteiger partial charge in [0, 0.05) is 26.2 Å². The zero-order valence-corrected chi connectivity index (χ0v) is 12.2. The molecular formula is C15H23N3O. The fraction of sp³-hybridized carbons (Fsp3) is 0.533. The predicted octanol–water partition coefficient (Wildman–Crippen LogP) is 2.43. The van der Waals surface area contributed by atoms with Crippen LogP contribution in [-0.4, -0.2) is 31.4 Å². The van der Waals surface area contributed by atoms with Crippen LogP contribution in [-0.2, 0) is 0 Å². The molecule has 1 aliphatic carbocycles. The molecule has 1 aromatic rings. The van der Waals surface area contributed by atoms with Crippen LogP contribution >= 0.6 is 0 Å². The number of hydrogen-bond acceptors (Lipinski definition) is 3. The highest BCUT2D eigenvalue weighted by Gasteiger charge is 2.44. The van der Waals surface area contributed by atoms with Gasteiger partial charge in [-0.25, -0.2) is 0 Å². The third-order valence-corrected chi connectivity index (χ3v) is 3.96. The molecule has 0 aliphatic heterocycles. The smallest absolute Gasteiger partial charge is 0.253 e. The molecule has 4 nitrogen and oxygen atoms in total. The summed E-state index contributed by atoms with van der Waals surface area (Å²) >= 11 is 0. The molecule has 104 valence electrons. The third kappa shape index (κ3) is 3.00. The van der Waals surface area contributed by atoms with Gasteiger partial charge in [-0.1, -0.05) is 13.8 Å². The van der Waals surface area contributed by atoms with E-state index in [1.807, 2.05) is 12.1 Å². The minimum Gasteiger partial charge on any atom is -0.397 e. The van der Waals surface area contributed by atoms with Crippen molar-refractivity contribution >= 4 is 17.3 Å². The normalized spacial score (nSPS) is 19.9. The van der Waals surface area contributed by atoms with Crippen LogP contribution in [0.15, 0.2) is 18.2 Å². The summed E-state index contributed by atoms with van der Waals surface area (Å²) in [5.41, 5.74) is 8.63. The second-order valence-electron chi connectivity index (χ2n) is 6.27. The lowest BCUT2D eigenvalue weighted by Crippen LogP contribution is -2.21. The van der Waals surface area contributed by atoms with Gasteiger partial charge in [0.2, 0.25) is 0 Å². The molecule has 1 aliphatic rings. The maximum Gasteiger partial charge on any atom is 0.253 e. The van der Waals surface area contributed by atoms with Gasteiger partial charge in [-0.2, -0.15) is 0 Å². The largest absolute Gasteiger partial charge is 0.397 e. The Hall–Kier alpha value is -1.71. The van der Waals surface area contributed by atoms with Gasteiger partial charge in [0.05, 0.1) is 11.4 Å². The zero-order valence-electron chi connectivity index (χ0n) is 12.2. The molecule has 1 amide bonds. The number of nitrogens with one attached hydrogen (secondary N) is 1. The van der Waals surface area contributed by atoms with Gasteiger partial charge in [-0.3, -0.25) is 4.79 Å². The predicted molar refractivity (Wildman–Crippen MR) is 79.2 cm³/mol. The summed E-state index contributed by atoms with van der Waals surface area (Å²) in [5.74, 6) is 0.691. The lowest BCUT2D eigenvalue weighted by molar-refractivity contribution is 0.0827. The van der Waals surface area contributed by atoms with Crippen LogP contribution in [0.3, 0.4) is 0 Å². The summed E-state index contributed by atoms with van der Waals surface area (Å²) in [6, 6.07) is 5.45. The van der Waals surface area contributed by atoms with E-state index in [-0.39, 0.29) is 5.91 Å². The molecule has 1 unspecified atom stereocenters. The minimum absolute atomic E-state index is 0.0263. The van der Waals surface area contributed by atoms with Crippen molar-refractivity contribution < 1.29 is 4.79 Å². The third-order valence-electron chi connectivity index (χ3n) is 3.96. The number of carbonyl (C=O) groups is 1. The van der Waals surface area contributed by atoms with E-state index in [1.165, 1.54) is 6.42 Å². The summed E-state index contributed by atoms with van der Waals surface area (Å²) < 4.78 is 0. The second kappa shape index (κ2) is 4.76. The number of nitrogen functional groups attached to an aromatic ring is 1. The molecule has 0 saturated heterocycles. The first-order valence-corrected chi connectivity index (χ1v) is 6.66. The summed E-state index contributed by atoms with van der Waals surface area (Å²) in [5, 5.41) is 3.38. The molecule has 0 radical (unpaired) electrons. The van der Waals surface area contributed by atoms with Crippen molar-refractivity contribution in [2.75, 3.05) is 31.7 Å². The van der Waals surface area contributed by atoms with Crippen molar-refractivity contribution in [3.8, 4) is 0 Å². The Labute approximate surface area is 115 Å². The van der Waals surface area contributed by atoms with Crippen LogP contribution in [0.1, 0.15) is 30.6 Å². The molecule has 4 heteroatoms. The molecule has 1 fully saturated rings. The van der Waals surface area contributed by atoms with Crippen molar-refractivity contribution in [3.05, 3.63) is 23.8 Å². The molecule has 0 bridgehead atoms. The summed E-state index contributed by atoms with van der Waals surface area (Å²) in [4.78, 5) is 13.4. The Balaban J connectivity index is 2.01. The highest BCUT2D eigenvalue weighted by Crippen LogP contribution is 2.51. The highest BCUT2D eigenvalue weighted by atomic mass is 16.2. The summed E-state index contributed by atoms with van der Waals surface area (Å²) in [7, 11) is 3.47. The van der Waals surface area contributed by atoms with E-state index >= 15 is 0 Å². The van der Waals surface area contributed by atoms with Crippen molar-refractivity contribution in [2.45, 2.75) is 20.3 Å². The minimum atomic E-state index is -0.0263. The van der Waals surface area contributed by atoms with E-state index in [9.17, 15) is 4.79 Å². The van der Waals surface area contributed by atoms with Crippen LogP contribution in [0.2, 0.25) is 0 Å². The van der Waals surface area contributed by atoms with Crippen molar-refractivity contribution in [1.29, 1.82) is 0 Å². The molecule has 1 aromatic carbocycles. The highest BCUT2D eigenvalue weighted by molar-refractivity contribution is 5.95. The van der Waals surface area contributed by atoms with Crippen LogP contribution in [0.25, 0.3) is 0 Å². The van der Waals surface area contributed by atoms with Gasteiger partial charge < -0.3 is 16.0 Å². The number of nitrogens with zero attached hydrogens (tertiary/aromatic N) is 1. The Bertz CT molecular complexity index is 494. The fourth-order valence-corrected chi connectivity index (χ4v) is 2.27. The standard InChI is InChI=1S/C15H23N3O/c1-15(2)8-11(15)9-17-13-6-5-10(7-12(13)16)14(19)18(3)4/h5-7,11,17H,8-9,16H2,1-4H3. The first-order chi connectivity index (χ1) is 8.81. The van der Waals surface area contributed by atoms with Crippen molar-refractivity contribution in [1.82, 2.24) is 4.90 Å². The lowest BCUT2D eigenvalue weighted by atomic mass is 10.1. The van der Waals surface area contributed by atoms with E-state index < -0.39 is 0 Å². The molecule has 0 spiro atoms. The Morgan fingerprint density at radius 1 is 1.47 bits per heavy atom. The van der Waals surface area contributed by atoms with Crippen LogP contribution in [0.4, 0.5) is 11.4 Å². The van der Waals surface area contributed by atoms with E-state index in [1.54, 1.807) is 25.1 Å². The molecule has 1 atom stereocenters. The van der Waals surface area contributed by atoms with Crippen LogP contribution in [0.5, 0.6) is 0 Å². The van der Waals surface area contributed by atoms with Gasteiger partial charge in [0.15, 0.2) is 0 Å². The maximum atomic E-state index is 11.8. The Kier molecular flexibility index (Phi) is 3.43. The van der Waals surface area contributed by atoms with E-state index in [2.05, 4.69) is 19.2 Å². The van der Waals surface area contributed by atoms with Gasteiger partial charge in [-0.05, 0) is 36.0 Å². The van der Waals surface area contributed by atoms with Crippen LogP contribution in [0, 0.1) is 11.3 Å². The SMILES string of the molecule is CN(C)C(=O)c1ccc(NCC2CC2(C)C)c(N)c1. The number of anilines is 2. The number of hydrogen-bond donors (Lipinski definition) is 2. The average molecular weight is 261 g/mol. The maximum absolute atomic E-state index is 11.8. The Morgan fingerprint density at radius 3 is 2.58 bits per heavy atom. The molecule has 0 heterocycles. The second-order valence-corrected chi connectivity index (χ2v) is 6.27. The molecule has 1 saturated carbocycles. The number of amides is 1. The first kappa shape index (κ1) is 13.7. The molecule has 0 aromatic heterocycles. The number of carbonyl (C=O) groups excluding carboxylic acids is 1. The first-order valence-electron chi connectivity index (χ1n) is 6.66. The fourth-order valence-electron chi connectivity index (χ4n) is 2.27. The van der Waals surface area contributed by atoms with Gasteiger partial charge in [0.25, 0.3) is 5.91 Å². The molecule has 2 rings (SSSR count). The number of benzene rings is 1. The summed E-state index contributed by atoms with van der Waals surface area (Å²) in [6.07, 6.45) is 1.26. The zero-order chi connectivity index (χ0) is 14.2. The van der Waals surface area contributed by atoms with E-state index in [4.69, 9.17) is 5.73 Å². The van der Waals surface area contributed by atoms with Gasteiger partial charge in [0.1, 0.15) is 0 Å².